The number of likely N-dealkylation sites (tertiary alicyclic amines) is 1. The number of hydrogen-bond acceptors (Lipinski definition) is 4. The molecular formula is C23H22N4O2. The molecule has 1 aliphatic heterocycles. The first-order chi connectivity index (χ1) is 14.2. The molecule has 3 heterocycles. The molecule has 6 nitrogen and oxygen atoms in total. The zero-order valence-corrected chi connectivity index (χ0v) is 16.3. The van der Waals surface area contributed by atoms with E-state index in [2.05, 4.69) is 10.1 Å². The van der Waals surface area contributed by atoms with Crippen LogP contribution in [0.1, 0.15) is 40.7 Å². The van der Waals surface area contributed by atoms with Gasteiger partial charge in [0.25, 0.3) is 5.91 Å². The van der Waals surface area contributed by atoms with Gasteiger partial charge in [0.1, 0.15) is 5.52 Å². The van der Waals surface area contributed by atoms with Gasteiger partial charge >= 0.3 is 0 Å². The number of benzene rings is 2. The van der Waals surface area contributed by atoms with E-state index in [0.29, 0.717) is 18.7 Å². The van der Waals surface area contributed by atoms with Crippen molar-refractivity contribution in [2.24, 2.45) is 0 Å². The van der Waals surface area contributed by atoms with Crippen LogP contribution >= 0.6 is 0 Å². The highest BCUT2D eigenvalue weighted by molar-refractivity contribution is 5.95. The summed E-state index contributed by atoms with van der Waals surface area (Å²) in [6, 6.07) is 17.7. The summed E-state index contributed by atoms with van der Waals surface area (Å²) in [6.45, 7) is 3.33. The highest BCUT2D eigenvalue weighted by Crippen LogP contribution is 2.30. The monoisotopic (exact) mass is 386 g/mol. The molecule has 6 heteroatoms. The molecule has 0 N–H and O–H groups in total. The zero-order valence-electron chi connectivity index (χ0n) is 16.3. The van der Waals surface area contributed by atoms with Crippen molar-refractivity contribution in [2.75, 3.05) is 13.1 Å². The molecule has 4 aromatic rings. The lowest BCUT2D eigenvalue weighted by molar-refractivity contribution is 0.0706. The predicted octanol–water partition coefficient (Wildman–Crippen LogP) is 4.34. The van der Waals surface area contributed by atoms with Gasteiger partial charge in [0.05, 0.1) is 23.1 Å². The third kappa shape index (κ3) is 3.20. The Kier molecular flexibility index (Phi) is 4.39. The standard InChI is InChI=1S/C23H22N4O2/c1-16-19(15-24-27(16)18-7-3-2-4-8-18)23(28)26-13-11-17(12-14-26)22-25-20-9-5-6-10-21(20)29-22/h2-10,15,17H,11-14H2,1H3. The van der Waals surface area contributed by atoms with Gasteiger partial charge in [0.15, 0.2) is 11.5 Å². The second-order valence-electron chi connectivity index (χ2n) is 7.48. The maximum Gasteiger partial charge on any atom is 0.257 e. The predicted molar refractivity (Wildman–Crippen MR) is 110 cm³/mol. The van der Waals surface area contributed by atoms with E-state index in [9.17, 15) is 4.79 Å². The van der Waals surface area contributed by atoms with E-state index >= 15 is 0 Å². The maximum atomic E-state index is 13.1. The van der Waals surface area contributed by atoms with Crippen molar-refractivity contribution in [3.05, 3.63) is 77.9 Å². The molecule has 1 fully saturated rings. The van der Waals surface area contributed by atoms with Gasteiger partial charge in [-0.15, -0.1) is 0 Å². The maximum absolute atomic E-state index is 13.1. The Labute approximate surface area is 168 Å². The Morgan fingerprint density at radius 3 is 2.52 bits per heavy atom. The van der Waals surface area contributed by atoms with Crippen LogP contribution in [0.5, 0.6) is 0 Å². The number of carbonyl (C=O) groups excluding carboxylic acids is 1. The first kappa shape index (κ1) is 17.7. The first-order valence-electron chi connectivity index (χ1n) is 9.95. The molecule has 0 saturated carbocycles. The first-order valence-corrected chi connectivity index (χ1v) is 9.95. The Hall–Kier alpha value is -3.41. The number of hydrogen-bond donors (Lipinski definition) is 0. The highest BCUT2D eigenvalue weighted by atomic mass is 16.3. The molecule has 146 valence electrons. The van der Waals surface area contributed by atoms with Crippen LogP contribution in [-0.4, -0.2) is 38.7 Å². The van der Waals surface area contributed by atoms with Crippen molar-refractivity contribution in [3.63, 3.8) is 0 Å². The number of fused-ring (bicyclic) bond motifs is 1. The van der Waals surface area contributed by atoms with Crippen molar-refractivity contribution < 1.29 is 9.21 Å². The molecule has 2 aromatic carbocycles. The van der Waals surface area contributed by atoms with Gasteiger partial charge in [-0.05, 0) is 44.0 Å². The summed E-state index contributed by atoms with van der Waals surface area (Å²) in [7, 11) is 0. The van der Waals surface area contributed by atoms with Gasteiger partial charge in [-0.1, -0.05) is 30.3 Å². The number of piperidine rings is 1. The lowest BCUT2D eigenvalue weighted by Gasteiger charge is -2.30. The molecule has 0 aliphatic carbocycles. The van der Waals surface area contributed by atoms with Crippen LogP contribution in [0.4, 0.5) is 0 Å². The average Bonchev–Trinajstić information content (AvgIpc) is 3.37. The van der Waals surface area contributed by atoms with Gasteiger partial charge < -0.3 is 9.32 Å². The van der Waals surface area contributed by atoms with E-state index in [-0.39, 0.29) is 11.8 Å². The Balaban J connectivity index is 1.30. The largest absolute Gasteiger partial charge is 0.440 e. The minimum atomic E-state index is 0.0423. The molecule has 2 aromatic heterocycles. The molecule has 1 amide bonds. The van der Waals surface area contributed by atoms with Crippen LogP contribution in [0.2, 0.25) is 0 Å². The molecule has 1 saturated heterocycles. The fourth-order valence-electron chi connectivity index (χ4n) is 4.01. The average molecular weight is 386 g/mol. The van der Waals surface area contributed by atoms with Crippen LogP contribution in [0.15, 0.2) is 65.2 Å². The van der Waals surface area contributed by atoms with Crippen molar-refractivity contribution in [1.82, 2.24) is 19.7 Å². The second kappa shape index (κ2) is 7.20. The molecule has 0 atom stereocenters. The highest BCUT2D eigenvalue weighted by Gasteiger charge is 2.29. The van der Waals surface area contributed by atoms with E-state index < -0.39 is 0 Å². The lowest BCUT2D eigenvalue weighted by Crippen LogP contribution is -2.38. The number of nitrogens with zero attached hydrogens (tertiary/aromatic N) is 4. The van der Waals surface area contributed by atoms with Crippen LogP contribution in [-0.2, 0) is 0 Å². The number of para-hydroxylation sites is 3. The molecule has 1 aliphatic rings. The fourth-order valence-corrected chi connectivity index (χ4v) is 4.01. The summed E-state index contributed by atoms with van der Waals surface area (Å²) in [5.41, 5.74) is 4.20. The van der Waals surface area contributed by atoms with Gasteiger partial charge in [-0.3, -0.25) is 4.79 Å². The summed E-state index contributed by atoms with van der Waals surface area (Å²) in [5, 5.41) is 4.43. The van der Waals surface area contributed by atoms with Crippen molar-refractivity contribution >= 4 is 17.0 Å². The lowest BCUT2D eigenvalue weighted by atomic mass is 9.96. The molecule has 0 bridgehead atoms. The fraction of sp³-hybridized carbons (Fsp3) is 0.261. The normalized spacial score (nSPS) is 15.1. The van der Waals surface area contributed by atoms with Crippen LogP contribution in [0, 0.1) is 6.92 Å². The van der Waals surface area contributed by atoms with Crippen LogP contribution < -0.4 is 0 Å². The van der Waals surface area contributed by atoms with Crippen LogP contribution in [0.25, 0.3) is 16.8 Å². The second-order valence-corrected chi connectivity index (χ2v) is 7.48. The number of oxazole rings is 1. The van der Waals surface area contributed by atoms with Gasteiger partial charge in [-0.25, -0.2) is 9.67 Å². The minimum Gasteiger partial charge on any atom is -0.440 e. The minimum absolute atomic E-state index is 0.0423. The number of aromatic nitrogens is 3. The molecule has 0 unspecified atom stereocenters. The summed E-state index contributed by atoms with van der Waals surface area (Å²) < 4.78 is 7.75. The quantitative estimate of drug-likeness (QED) is 0.525. The van der Waals surface area contributed by atoms with E-state index in [0.717, 1.165) is 41.2 Å². The number of amides is 1. The van der Waals surface area contributed by atoms with Crippen LogP contribution in [0.3, 0.4) is 0 Å². The summed E-state index contributed by atoms with van der Waals surface area (Å²) in [4.78, 5) is 19.6. The van der Waals surface area contributed by atoms with E-state index in [1.807, 2.05) is 71.1 Å². The molecule has 29 heavy (non-hydrogen) atoms. The molecule has 0 spiro atoms. The Morgan fingerprint density at radius 1 is 1.03 bits per heavy atom. The summed E-state index contributed by atoms with van der Waals surface area (Å²) in [5.74, 6) is 1.08. The Morgan fingerprint density at radius 2 is 1.76 bits per heavy atom. The SMILES string of the molecule is Cc1c(C(=O)N2CCC(c3nc4ccccc4o3)CC2)cnn1-c1ccccc1. The van der Waals surface area contributed by atoms with Crippen molar-refractivity contribution in [2.45, 2.75) is 25.7 Å². The number of rotatable bonds is 3. The van der Waals surface area contributed by atoms with E-state index in [1.54, 1.807) is 6.20 Å². The smallest absolute Gasteiger partial charge is 0.257 e. The Bertz CT molecular complexity index is 1120. The third-order valence-electron chi connectivity index (χ3n) is 5.68. The molecule has 5 rings (SSSR count). The van der Waals surface area contributed by atoms with Crippen molar-refractivity contribution in [1.29, 1.82) is 0 Å². The topological polar surface area (TPSA) is 64.2 Å². The van der Waals surface area contributed by atoms with E-state index in [1.165, 1.54) is 0 Å². The zero-order chi connectivity index (χ0) is 19.8. The van der Waals surface area contributed by atoms with E-state index in [4.69, 9.17) is 4.42 Å². The molecule has 0 radical (unpaired) electrons. The van der Waals surface area contributed by atoms with Gasteiger partial charge in [0.2, 0.25) is 0 Å². The number of carbonyl (C=O) groups is 1. The summed E-state index contributed by atoms with van der Waals surface area (Å²) >= 11 is 0. The van der Waals surface area contributed by atoms with Gasteiger partial charge in [0, 0.05) is 19.0 Å². The third-order valence-corrected chi connectivity index (χ3v) is 5.68. The summed E-state index contributed by atoms with van der Waals surface area (Å²) in [6.07, 6.45) is 3.38. The molecular weight excluding hydrogens is 364 g/mol. The van der Waals surface area contributed by atoms with Crippen molar-refractivity contribution in [3.8, 4) is 5.69 Å². The van der Waals surface area contributed by atoms with Gasteiger partial charge in [-0.2, -0.15) is 5.10 Å².